The van der Waals surface area contributed by atoms with Gasteiger partial charge < -0.3 is 10.2 Å². The summed E-state index contributed by atoms with van der Waals surface area (Å²) in [6, 6.07) is 6.11. The van der Waals surface area contributed by atoms with Gasteiger partial charge in [-0.25, -0.2) is 0 Å². The Morgan fingerprint density at radius 3 is 2.26 bits per heavy atom. The van der Waals surface area contributed by atoms with Crippen molar-refractivity contribution in [2.24, 2.45) is 0 Å². The van der Waals surface area contributed by atoms with Crippen LogP contribution in [-0.2, 0) is 0 Å². The smallest absolute Gasteiger partial charge is 0.0595 e. The lowest BCUT2D eigenvalue weighted by molar-refractivity contribution is 0.113. The van der Waals surface area contributed by atoms with E-state index in [4.69, 9.17) is 23.2 Å². The Kier molecular flexibility index (Phi) is 6.13. The molecule has 0 radical (unpaired) electrons. The first-order valence-electron chi connectivity index (χ1n) is 6.72. The second-order valence-electron chi connectivity index (χ2n) is 5.27. The molecule has 0 amide bonds. The fraction of sp³-hybridized carbons (Fsp3) is 0.600. The van der Waals surface area contributed by atoms with Gasteiger partial charge >= 0.3 is 0 Å². The Balaban J connectivity index is 3.22. The van der Waals surface area contributed by atoms with Gasteiger partial charge in [0.2, 0.25) is 0 Å². The molecule has 2 atom stereocenters. The summed E-state index contributed by atoms with van der Waals surface area (Å²) in [4.78, 5) is 2.27. The van der Waals surface area contributed by atoms with Crippen molar-refractivity contribution >= 4 is 23.2 Å². The van der Waals surface area contributed by atoms with Crippen LogP contribution in [-0.4, -0.2) is 31.1 Å². The Morgan fingerprint density at radius 1 is 1.21 bits per heavy atom. The van der Waals surface area contributed by atoms with Crippen LogP contribution in [0.5, 0.6) is 0 Å². The standard InChI is InChI=1S/C15H24Cl2N2/c1-6-15(3,19(4)5)14(18-7-2)11-8-9-12(16)13(17)10-11/h8-10,14,18H,6-7H2,1-5H3. The van der Waals surface area contributed by atoms with Crippen molar-refractivity contribution in [1.29, 1.82) is 0 Å². The predicted octanol–water partition coefficient (Wildman–Crippen LogP) is 4.37. The number of hydrogen-bond acceptors (Lipinski definition) is 2. The van der Waals surface area contributed by atoms with E-state index in [2.05, 4.69) is 51.1 Å². The Morgan fingerprint density at radius 2 is 1.84 bits per heavy atom. The summed E-state index contributed by atoms with van der Waals surface area (Å²) in [5.74, 6) is 0. The van der Waals surface area contributed by atoms with E-state index < -0.39 is 0 Å². The third-order valence-electron chi connectivity index (χ3n) is 4.04. The number of rotatable bonds is 6. The summed E-state index contributed by atoms with van der Waals surface area (Å²) < 4.78 is 0. The van der Waals surface area contributed by atoms with Crippen molar-refractivity contribution in [3.63, 3.8) is 0 Å². The first-order valence-corrected chi connectivity index (χ1v) is 7.48. The predicted molar refractivity (Wildman–Crippen MR) is 85.3 cm³/mol. The Labute approximate surface area is 127 Å². The minimum Gasteiger partial charge on any atom is -0.309 e. The molecule has 108 valence electrons. The van der Waals surface area contributed by atoms with E-state index in [9.17, 15) is 0 Å². The monoisotopic (exact) mass is 302 g/mol. The molecule has 0 bridgehead atoms. The zero-order valence-electron chi connectivity index (χ0n) is 12.4. The van der Waals surface area contributed by atoms with Crippen LogP contribution in [0.25, 0.3) is 0 Å². The van der Waals surface area contributed by atoms with E-state index in [1.165, 1.54) is 5.56 Å². The molecule has 0 saturated carbocycles. The van der Waals surface area contributed by atoms with Crippen molar-refractivity contribution in [2.45, 2.75) is 38.8 Å². The largest absolute Gasteiger partial charge is 0.309 e. The van der Waals surface area contributed by atoms with E-state index in [1.54, 1.807) is 0 Å². The van der Waals surface area contributed by atoms with Crippen molar-refractivity contribution in [3.05, 3.63) is 33.8 Å². The molecule has 1 N–H and O–H groups in total. The normalized spacial score (nSPS) is 16.4. The molecule has 0 aliphatic rings. The lowest BCUT2D eigenvalue weighted by Gasteiger charge is -2.43. The molecule has 1 aromatic carbocycles. The topological polar surface area (TPSA) is 15.3 Å². The number of halogens is 2. The summed E-state index contributed by atoms with van der Waals surface area (Å²) in [5, 5.41) is 4.79. The number of nitrogens with zero attached hydrogens (tertiary/aromatic N) is 1. The molecule has 4 heteroatoms. The molecule has 0 aromatic heterocycles. The SMILES string of the molecule is CCNC(c1ccc(Cl)c(Cl)c1)C(C)(CC)N(C)C. The molecule has 19 heavy (non-hydrogen) atoms. The van der Waals surface area contributed by atoms with Gasteiger partial charge in [-0.2, -0.15) is 0 Å². The van der Waals surface area contributed by atoms with Crippen LogP contribution < -0.4 is 5.32 Å². The summed E-state index contributed by atoms with van der Waals surface area (Å²) >= 11 is 12.2. The summed E-state index contributed by atoms with van der Waals surface area (Å²) in [6.07, 6.45) is 1.04. The zero-order valence-corrected chi connectivity index (χ0v) is 13.9. The molecular weight excluding hydrogens is 279 g/mol. The van der Waals surface area contributed by atoms with Gasteiger partial charge in [-0.05, 0) is 51.7 Å². The van der Waals surface area contributed by atoms with Gasteiger partial charge in [0.05, 0.1) is 16.1 Å². The van der Waals surface area contributed by atoms with Crippen LogP contribution in [0.4, 0.5) is 0 Å². The van der Waals surface area contributed by atoms with Crippen molar-refractivity contribution in [1.82, 2.24) is 10.2 Å². The molecule has 0 saturated heterocycles. The second-order valence-corrected chi connectivity index (χ2v) is 6.08. The maximum Gasteiger partial charge on any atom is 0.0595 e. The average Bonchev–Trinajstić information content (AvgIpc) is 2.38. The Bertz CT molecular complexity index is 421. The minimum absolute atomic E-state index is 0.0210. The lowest BCUT2D eigenvalue weighted by Crippen LogP contribution is -2.51. The van der Waals surface area contributed by atoms with E-state index in [1.807, 2.05) is 12.1 Å². The van der Waals surface area contributed by atoms with E-state index in [0.717, 1.165) is 13.0 Å². The molecule has 0 aliphatic heterocycles. The highest BCUT2D eigenvalue weighted by molar-refractivity contribution is 6.42. The van der Waals surface area contributed by atoms with E-state index in [0.29, 0.717) is 10.0 Å². The molecule has 0 aliphatic carbocycles. The molecule has 1 aromatic rings. The molecule has 2 unspecified atom stereocenters. The quantitative estimate of drug-likeness (QED) is 0.839. The van der Waals surface area contributed by atoms with Crippen LogP contribution in [0.3, 0.4) is 0 Å². The van der Waals surface area contributed by atoms with Gasteiger partial charge in [-0.15, -0.1) is 0 Å². The fourth-order valence-corrected chi connectivity index (χ4v) is 2.68. The van der Waals surface area contributed by atoms with Gasteiger partial charge in [0, 0.05) is 5.54 Å². The third kappa shape index (κ3) is 3.63. The highest BCUT2D eigenvalue weighted by Crippen LogP contribution is 2.35. The lowest BCUT2D eigenvalue weighted by atomic mass is 9.83. The van der Waals surface area contributed by atoms with Gasteiger partial charge in [0.15, 0.2) is 0 Å². The summed E-state index contributed by atoms with van der Waals surface area (Å²) in [7, 11) is 4.23. The minimum atomic E-state index is 0.0210. The van der Waals surface area contributed by atoms with Crippen LogP contribution in [0.1, 0.15) is 38.8 Å². The highest BCUT2D eigenvalue weighted by Gasteiger charge is 2.35. The van der Waals surface area contributed by atoms with Crippen LogP contribution >= 0.6 is 23.2 Å². The maximum atomic E-state index is 6.16. The molecular formula is C15H24Cl2N2. The molecule has 1 rings (SSSR count). The zero-order chi connectivity index (χ0) is 14.6. The van der Waals surface area contributed by atoms with Gasteiger partial charge in [-0.1, -0.05) is 43.1 Å². The van der Waals surface area contributed by atoms with Crippen LogP contribution in [0.15, 0.2) is 18.2 Å². The van der Waals surface area contributed by atoms with Crippen molar-refractivity contribution < 1.29 is 0 Å². The maximum absolute atomic E-state index is 6.16. The molecule has 2 nitrogen and oxygen atoms in total. The first-order chi connectivity index (χ1) is 8.86. The number of hydrogen-bond donors (Lipinski definition) is 1. The van der Waals surface area contributed by atoms with Crippen LogP contribution in [0, 0.1) is 0 Å². The first kappa shape index (κ1) is 16.8. The van der Waals surface area contributed by atoms with Crippen molar-refractivity contribution in [2.75, 3.05) is 20.6 Å². The third-order valence-corrected chi connectivity index (χ3v) is 4.78. The van der Waals surface area contributed by atoms with Crippen molar-refractivity contribution in [3.8, 4) is 0 Å². The molecule has 0 fully saturated rings. The van der Waals surface area contributed by atoms with E-state index >= 15 is 0 Å². The van der Waals surface area contributed by atoms with E-state index in [-0.39, 0.29) is 11.6 Å². The highest BCUT2D eigenvalue weighted by atomic mass is 35.5. The number of nitrogens with one attached hydrogen (secondary N) is 1. The van der Waals surface area contributed by atoms with Gasteiger partial charge in [0.25, 0.3) is 0 Å². The molecule has 0 spiro atoms. The van der Waals surface area contributed by atoms with Crippen LogP contribution in [0.2, 0.25) is 10.0 Å². The van der Waals surface area contributed by atoms with Gasteiger partial charge in [0.1, 0.15) is 0 Å². The van der Waals surface area contributed by atoms with Gasteiger partial charge in [-0.3, -0.25) is 0 Å². The summed E-state index contributed by atoms with van der Waals surface area (Å²) in [5.41, 5.74) is 1.20. The number of likely N-dealkylation sites (N-methyl/N-ethyl adjacent to an activating group) is 2. The Hall–Kier alpha value is -0.280. The fourth-order valence-electron chi connectivity index (χ4n) is 2.37. The number of benzene rings is 1. The molecule has 0 heterocycles. The summed E-state index contributed by atoms with van der Waals surface area (Å²) in [6.45, 7) is 7.51. The second kappa shape index (κ2) is 6.94. The average molecular weight is 303 g/mol.